The number of allylic oxidation sites excluding steroid dienone is 1. The van der Waals surface area contributed by atoms with Crippen molar-refractivity contribution in [3.63, 3.8) is 0 Å². The average Bonchev–Trinajstić information content (AvgIpc) is 3.61. The highest BCUT2D eigenvalue weighted by Gasteiger charge is 2.52. The van der Waals surface area contributed by atoms with Gasteiger partial charge in [-0.15, -0.1) is 11.7 Å². The van der Waals surface area contributed by atoms with Gasteiger partial charge in [0, 0.05) is 42.0 Å². The van der Waals surface area contributed by atoms with Crippen molar-refractivity contribution < 1.29 is 24.5 Å². The van der Waals surface area contributed by atoms with E-state index in [0.29, 0.717) is 46.9 Å². The van der Waals surface area contributed by atoms with Crippen LogP contribution < -0.4 is 15.0 Å². The number of nitrogens with one attached hydrogen (secondary N) is 1. The molecule has 3 aromatic carbocycles. The fourth-order valence-corrected chi connectivity index (χ4v) is 5.56. The van der Waals surface area contributed by atoms with Crippen LogP contribution in [-0.4, -0.2) is 57.3 Å². The Morgan fingerprint density at radius 3 is 2.58 bits per heavy atom. The molecule has 5 rings (SSSR count). The first-order chi connectivity index (χ1) is 21.8. The summed E-state index contributed by atoms with van der Waals surface area (Å²) in [5.74, 6) is -0.991. The van der Waals surface area contributed by atoms with Crippen LogP contribution in [0, 0.1) is 5.92 Å². The Morgan fingerprint density at radius 2 is 1.89 bits per heavy atom. The first-order valence-electron chi connectivity index (χ1n) is 14.8. The van der Waals surface area contributed by atoms with Gasteiger partial charge in [0.15, 0.2) is 5.60 Å². The van der Waals surface area contributed by atoms with Crippen LogP contribution in [0.5, 0.6) is 5.75 Å². The normalized spacial score (nSPS) is 17.2. The van der Waals surface area contributed by atoms with E-state index in [-0.39, 0.29) is 25.0 Å². The number of aryl methyl sites for hydroxylation is 1. The van der Waals surface area contributed by atoms with E-state index in [1.54, 1.807) is 67.3 Å². The van der Waals surface area contributed by atoms with Crippen LogP contribution >= 0.6 is 0 Å². The summed E-state index contributed by atoms with van der Waals surface area (Å²) in [7, 11) is 1.56. The maximum atomic E-state index is 13.6. The van der Waals surface area contributed by atoms with Crippen molar-refractivity contribution in [1.29, 1.82) is 0 Å². The van der Waals surface area contributed by atoms with Crippen molar-refractivity contribution in [2.24, 2.45) is 5.92 Å². The van der Waals surface area contributed by atoms with E-state index in [1.807, 2.05) is 48.7 Å². The molecule has 2 heterocycles. The average molecular weight is 608 g/mol. The Kier molecular flexibility index (Phi) is 9.56. The molecular formula is C35H37N5O5. The van der Waals surface area contributed by atoms with Gasteiger partial charge in [-0.25, -0.2) is 0 Å². The SMILES string of the molecule is C=CCN1C(=O)[C@](O)([C@H](C)/C=C/CCn2cc(C(CO)c3ccccc3)nn2)c2cc(NC(=O)c3ccc(OC)cc3)ccc21. The lowest BCUT2D eigenvalue weighted by molar-refractivity contribution is -0.139. The monoisotopic (exact) mass is 607 g/mol. The first kappa shape index (κ1) is 31.4. The summed E-state index contributed by atoms with van der Waals surface area (Å²) in [5.41, 5.74) is 1.67. The minimum atomic E-state index is -1.85. The summed E-state index contributed by atoms with van der Waals surface area (Å²) >= 11 is 0. The minimum absolute atomic E-state index is 0.0794. The number of aliphatic hydroxyl groups excluding tert-OH is 1. The third kappa shape index (κ3) is 6.43. The smallest absolute Gasteiger partial charge is 0.264 e. The van der Waals surface area contributed by atoms with E-state index in [4.69, 9.17) is 4.74 Å². The van der Waals surface area contributed by atoms with Gasteiger partial charge < -0.3 is 25.2 Å². The van der Waals surface area contributed by atoms with Gasteiger partial charge in [0.1, 0.15) is 5.75 Å². The van der Waals surface area contributed by atoms with Crippen LogP contribution in [0.1, 0.15) is 46.4 Å². The number of fused-ring (bicyclic) bond motifs is 1. The standard InChI is InChI=1S/C35H37N5O5/c1-4-19-40-32-18-15-27(36-33(42)26-13-16-28(45-3)17-14-26)21-30(32)35(44,34(40)43)24(2)10-8-9-20-39-22-31(37-38-39)29(23-41)25-11-6-5-7-12-25/h4-8,10-18,21-22,24,29,41,44H,1,9,19-20,23H2,2-3H3,(H,36,42)/b10-8+/t24-,29?,35+/m1/s1. The summed E-state index contributed by atoms with van der Waals surface area (Å²) in [4.78, 5) is 28.1. The van der Waals surface area contributed by atoms with Crippen molar-refractivity contribution in [1.82, 2.24) is 15.0 Å². The fourth-order valence-electron chi connectivity index (χ4n) is 5.56. The molecule has 0 fully saturated rings. The number of amides is 2. The molecule has 0 saturated heterocycles. The van der Waals surface area contributed by atoms with Crippen LogP contribution in [0.4, 0.5) is 11.4 Å². The number of aromatic nitrogens is 3. The van der Waals surface area contributed by atoms with Crippen molar-refractivity contribution in [2.45, 2.75) is 31.4 Å². The predicted octanol–water partition coefficient (Wildman–Crippen LogP) is 4.67. The number of aliphatic hydroxyl groups is 2. The summed E-state index contributed by atoms with van der Waals surface area (Å²) in [6.45, 7) is 6.23. The molecule has 3 N–H and O–H groups in total. The first-order valence-corrected chi connectivity index (χ1v) is 14.8. The number of anilines is 2. The molecule has 45 heavy (non-hydrogen) atoms. The highest BCUT2D eigenvalue weighted by atomic mass is 16.5. The molecule has 0 saturated carbocycles. The number of hydrogen-bond acceptors (Lipinski definition) is 7. The maximum Gasteiger partial charge on any atom is 0.264 e. The van der Waals surface area contributed by atoms with Crippen LogP contribution in [0.25, 0.3) is 0 Å². The Balaban J connectivity index is 1.30. The molecule has 10 heteroatoms. The Bertz CT molecular complexity index is 1680. The molecule has 10 nitrogen and oxygen atoms in total. The fraction of sp³-hybridized carbons (Fsp3) is 0.257. The third-order valence-corrected chi connectivity index (χ3v) is 8.10. The van der Waals surface area contributed by atoms with Gasteiger partial charge in [0.25, 0.3) is 11.8 Å². The van der Waals surface area contributed by atoms with Crippen LogP contribution in [-0.2, 0) is 16.9 Å². The Labute approximate surface area is 262 Å². The highest BCUT2D eigenvalue weighted by Crippen LogP contribution is 2.46. The zero-order valence-corrected chi connectivity index (χ0v) is 25.3. The van der Waals surface area contributed by atoms with Crippen molar-refractivity contribution in [3.05, 3.63) is 126 Å². The topological polar surface area (TPSA) is 130 Å². The van der Waals surface area contributed by atoms with Gasteiger partial charge in [-0.2, -0.15) is 0 Å². The molecule has 1 unspecified atom stereocenters. The molecule has 1 aliphatic rings. The molecule has 0 spiro atoms. The van der Waals surface area contributed by atoms with Gasteiger partial charge >= 0.3 is 0 Å². The number of hydrogen-bond donors (Lipinski definition) is 3. The molecular weight excluding hydrogens is 570 g/mol. The van der Waals surface area contributed by atoms with Gasteiger partial charge in [-0.3, -0.25) is 14.3 Å². The van der Waals surface area contributed by atoms with Crippen LogP contribution in [0.15, 0.2) is 104 Å². The van der Waals surface area contributed by atoms with Gasteiger partial charge in [0.05, 0.1) is 31.0 Å². The second-order valence-electron chi connectivity index (χ2n) is 10.9. The molecule has 1 aromatic heterocycles. The molecule has 2 amide bonds. The van der Waals surface area contributed by atoms with E-state index >= 15 is 0 Å². The van der Waals surface area contributed by atoms with Gasteiger partial charge in [0.2, 0.25) is 0 Å². The van der Waals surface area contributed by atoms with Gasteiger partial charge in [-0.1, -0.05) is 60.7 Å². The molecule has 3 atom stereocenters. The van der Waals surface area contributed by atoms with Crippen molar-refractivity contribution in [2.75, 3.05) is 30.5 Å². The second-order valence-corrected chi connectivity index (χ2v) is 10.9. The number of ether oxygens (including phenoxy) is 1. The van der Waals surface area contributed by atoms with Gasteiger partial charge in [-0.05, 0) is 54.4 Å². The largest absolute Gasteiger partial charge is 0.497 e. The number of methoxy groups -OCH3 is 1. The number of carbonyl (C=O) groups excluding carboxylic acids is 2. The Hall–Kier alpha value is -5.06. The number of rotatable bonds is 13. The lowest BCUT2D eigenvalue weighted by Gasteiger charge is -2.27. The van der Waals surface area contributed by atoms with Crippen molar-refractivity contribution in [3.8, 4) is 5.75 Å². The summed E-state index contributed by atoms with van der Waals surface area (Å²) in [6.07, 6.45) is 7.74. The lowest BCUT2D eigenvalue weighted by atomic mass is 9.82. The number of carbonyl (C=O) groups is 2. The van der Waals surface area contributed by atoms with Crippen molar-refractivity contribution >= 4 is 23.2 Å². The predicted molar refractivity (Wildman–Crippen MR) is 172 cm³/mol. The second kappa shape index (κ2) is 13.7. The zero-order valence-electron chi connectivity index (χ0n) is 25.3. The van der Waals surface area contributed by atoms with E-state index < -0.39 is 17.4 Å². The Morgan fingerprint density at radius 1 is 1.13 bits per heavy atom. The molecule has 232 valence electrons. The molecule has 4 aromatic rings. The summed E-state index contributed by atoms with van der Waals surface area (Å²) < 4.78 is 6.88. The minimum Gasteiger partial charge on any atom is -0.497 e. The summed E-state index contributed by atoms with van der Waals surface area (Å²) in [6, 6.07) is 21.5. The van der Waals surface area contributed by atoms with E-state index in [2.05, 4.69) is 22.2 Å². The zero-order chi connectivity index (χ0) is 32.0. The quantitative estimate of drug-likeness (QED) is 0.189. The highest BCUT2D eigenvalue weighted by molar-refractivity contribution is 6.09. The molecule has 0 radical (unpaired) electrons. The molecule has 0 aliphatic carbocycles. The number of benzene rings is 3. The molecule has 0 bridgehead atoms. The van der Waals surface area contributed by atoms with Crippen LogP contribution in [0.2, 0.25) is 0 Å². The summed E-state index contributed by atoms with van der Waals surface area (Å²) in [5, 5.41) is 33.3. The lowest BCUT2D eigenvalue weighted by Crippen LogP contribution is -2.44. The molecule has 1 aliphatic heterocycles. The third-order valence-electron chi connectivity index (χ3n) is 8.10. The maximum absolute atomic E-state index is 13.6. The number of nitrogens with zero attached hydrogens (tertiary/aromatic N) is 4. The van der Waals surface area contributed by atoms with E-state index in [9.17, 15) is 19.8 Å². The van der Waals surface area contributed by atoms with E-state index in [1.165, 1.54) is 4.90 Å². The van der Waals surface area contributed by atoms with E-state index in [0.717, 1.165) is 5.56 Å². The van der Waals surface area contributed by atoms with Crippen LogP contribution in [0.3, 0.4) is 0 Å².